The first-order valence-electron chi connectivity index (χ1n) is 6.05. The standard InChI is InChI=1S/C14H15ClN2OS/c1-2-16-14(18)10-4-3-5-11(8-10)17-9-12-6-7-13(15)19-12/h3-8,17H,2,9H2,1H3,(H,16,18). The van der Waals surface area contributed by atoms with Crippen LogP contribution in [0.1, 0.15) is 22.2 Å². The molecule has 0 fully saturated rings. The van der Waals surface area contributed by atoms with Gasteiger partial charge in [-0.15, -0.1) is 11.3 Å². The summed E-state index contributed by atoms with van der Waals surface area (Å²) in [6.07, 6.45) is 0. The molecule has 2 rings (SSSR count). The SMILES string of the molecule is CCNC(=O)c1cccc(NCc2ccc(Cl)s2)c1. The zero-order chi connectivity index (χ0) is 13.7. The van der Waals surface area contributed by atoms with Crippen LogP contribution in [-0.4, -0.2) is 12.5 Å². The number of benzene rings is 1. The van der Waals surface area contributed by atoms with Crippen LogP contribution in [0.15, 0.2) is 36.4 Å². The van der Waals surface area contributed by atoms with Gasteiger partial charge in [-0.25, -0.2) is 0 Å². The number of halogens is 1. The van der Waals surface area contributed by atoms with Crippen molar-refractivity contribution in [1.29, 1.82) is 0 Å². The molecule has 0 unspecified atom stereocenters. The highest BCUT2D eigenvalue weighted by atomic mass is 35.5. The number of rotatable bonds is 5. The zero-order valence-electron chi connectivity index (χ0n) is 10.6. The van der Waals surface area contributed by atoms with Crippen LogP contribution >= 0.6 is 22.9 Å². The highest BCUT2D eigenvalue weighted by molar-refractivity contribution is 7.16. The first kappa shape index (κ1) is 13.9. The number of amides is 1. The monoisotopic (exact) mass is 294 g/mol. The van der Waals surface area contributed by atoms with Gasteiger partial charge in [0.05, 0.1) is 4.34 Å². The lowest BCUT2D eigenvalue weighted by atomic mass is 10.2. The Kier molecular flexibility index (Phi) is 4.82. The van der Waals surface area contributed by atoms with Crippen LogP contribution in [0.4, 0.5) is 5.69 Å². The Morgan fingerprint density at radius 2 is 2.16 bits per heavy atom. The molecule has 0 aliphatic rings. The summed E-state index contributed by atoms with van der Waals surface area (Å²) in [6.45, 7) is 3.24. The van der Waals surface area contributed by atoms with E-state index < -0.39 is 0 Å². The van der Waals surface area contributed by atoms with E-state index in [9.17, 15) is 4.79 Å². The molecule has 1 aromatic carbocycles. The van der Waals surface area contributed by atoms with Gasteiger partial charge in [0, 0.05) is 29.2 Å². The summed E-state index contributed by atoms with van der Waals surface area (Å²) < 4.78 is 0.785. The van der Waals surface area contributed by atoms with E-state index in [-0.39, 0.29) is 5.91 Å². The molecular weight excluding hydrogens is 280 g/mol. The van der Waals surface area contributed by atoms with Gasteiger partial charge in [-0.05, 0) is 37.3 Å². The average molecular weight is 295 g/mol. The minimum atomic E-state index is -0.0506. The van der Waals surface area contributed by atoms with Gasteiger partial charge in [0.1, 0.15) is 0 Å². The molecule has 0 bridgehead atoms. The van der Waals surface area contributed by atoms with E-state index in [1.807, 2.05) is 37.3 Å². The van der Waals surface area contributed by atoms with E-state index in [2.05, 4.69) is 10.6 Å². The Bertz CT molecular complexity index is 568. The summed E-state index contributed by atoms with van der Waals surface area (Å²) in [5.74, 6) is -0.0506. The summed E-state index contributed by atoms with van der Waals surface area (Å²) in [4.78, 5) is 12.9. The van der Waals surface area contributed by atoms with Gasteiger partial charge in [0.25, 0.3) is 5.91 Å². The summed E-state index contributed by atoms with van der Waals surface area (Å²) in [6, 6.07) is 11.3. The van der Waals surface area contributed by atoms with E-state index in [1.54, 1.807) is 17.4 Å². The number of hydrogen-bond acceptors (Lipinski definition) is 3. The van der Waals surface area contributed by atoms with Crippen molar-refractivity contribution in [1.82, 2.24) is 5.32 Å². The lowest BCUT2D eigenvalue weighted by molar-refractivity contribution is 0.0956. The normalized spacial score (nSPS) is 10.2. The molecule has 0 atom stereocenters. The number of thiophene rings is 1. The van der Waals surface area contributed by atoms with Crippen molar-refractivity contribution in [2.75, 3.05) is 11.9 Å². The number of hydrogen-bond donors (Lipinski definition) is 2. The summed E-state index contributed by atoms with van der Waals surface area (Å²) in [5, 5.41) is 6.07. The third-order valence-corrected chi connectivity index (χ3v) is 3.79. The van der Waals surface area contributed by atoms with Crippen LogP contribution in [0.25, 0.3) is 0 Å². The van der Waals surface area contributed by atoms with Crippen molar-refractivity contribution in [3.63, 3.8) is 0 Å². The highest BCUT2D eigenvalue weighted by Gasteiger charge is 2.04. The van der Waals surface area contributed by atoms with Crippen LogP contribution in [0.5, 0.6) is 0 Å². The van der Waals surface area contributed by atoms with Gasteiger partial charge in [-0.3, -0.25) is 4.79 Å². The molecule has 0 aliphatic carbocycles. The third-order valence-electron chi connectivity index (χ3n) is 2.56. The molecule has 100 valence electrons. The molecule has 0 spiro atoms. The Labute approximate surface area is 121 Å². The molecule has 5 heteroatoms. The zero-order valence-corrected chi connectivity index (χ0v) is 12.1. The number of carbonyl (C=O) groups is 1. The molecule has 1 aromatic heterocycles. The van der Waals surface area contributed by atoms with E-state index in [0.717, 1.165) is 14.9 Å². The van der Waals surface area contributed by atoms with Crippen LogP contribution in [0.2, 0.25) is 4.34 Å². The second-order valence-corrected chi connectivity index (χ2v) is 5.80. The van der Waals surface area contributed by atoms with Gasteiger partial charge in [-0.2, -0.15) is 0 Å². The first-order chi connectivity index (χ1) is 9.19. The van der Waals surface area contributed by atoms with Gasteiger partial charge >= 0.3 is 0 Å². The summed E-state index contributed by atoms with van der Waals surface area (Å²) in [7, 11) is 0. The van der Waals surface area contributed by atoms with Gasteiger partial charge in [0.2, 0.25) is 0 Å². The fourth-order valence-corrected chi connectivity index (χ4v) is 2.70. The molecule has 1 heterocycles. The fraction of sp³-hybridized carbons (Fsp3) is 0.214. The first-order valence-corrected chi connectivity index (χ1v) is 7.25. The van der Waals surface area contributed by atoms with E-state index >= 15 is 0 Å². The predicted molar refractivity (Wildman–Crippen MR) is 81.1 cm³/mol. The van der Waals surface area contributed by atoms with Crippen LogP contribution in [-0.2, 0) is 6.54 Å². The Morgan fingerprint density at radius 3 is 2.84 bits per heavy atom. The largest absolute Gasteiger partial charge is 0.380 e. The Morgan fingerprint density at radius 1 is 1.32 bits per heavy atom. The van der Waals surface area contributed by atoms with Crippen molar-refractivity contribution < 1.29 is 4.79 Å². The quantitative estimate of drug-likeness (QED) is 0.881. The second-order valence-electron chi connectivity index (χ2n) is 4.00. The fourth-order valence-electron chi connectivity index (χ4n) is 1.67. The molecule has 2 N–H and O–H groups in total. The summed E-state index contributed by atoms with van der Waals surface area (Å²) >= 11 is 7.43. The van der Waals surface area contributed by atoms with E-state index in [0.29, 0.717) is 18.7 Å². The van der Waals surface area contributed by atoms with Crippen LogP contribution in [0, 0.1) is 0 Å². The molecule has 19 heavy (non-hydrogen) atoms. The number of carbonyl (C=O) groups excluding carboxylic acids is 1. The Hall–Kier alpha value is -1.52. The van der Waals surface area contributed by atoms with Crippen LogP contribution in [0.3, 0.4) is 0 Å². The molecule has 0 radical (unpaired) electrons. The highest BCUT2D eigenvalue weighted by Crippen LogP contribution is 2.22. The average Bonchev–Trinajstić information content (AvgIpc) is 2.83. The van der Waals surface area contributed by atoms with Crippen molar-refractivity contribution >= 4 is 34.5 Å². The van der Waals surface area contributed by atoms with Gasteiger partial charge < -0.3 is 10.6 Å². The maximum absolute atomic E-state index is 11.7. The van der Waals surface area contributed by atoms with Crippen molar-refractivity contribution in [2.24, 2.45) is 0 Å². The summed E-state index contributed by atoms with van der Waals surface area (Å²) in [5.41, 5.74) is 1.59. The smallest absolute Gasteiger partial charge is 0.251 e. The maximum atomic E-state index is 11.7. The minimum Gasteiger partial charge on any atom is -0.380 e. The Balaban J connectivity index is 2.00. The van der Waals surface area contributed by atoms with E-state index in [1.165, 1.54) is 0 Å². The van der Waals surface area contributed by atoms with Crippen molar-refractivity contribution in [3.05, 3.63) is 51.2 Å². The van der Waals surface area contributed by atoms with Gasteiger partial charge in [0.15, 0.2) is 0 Å². The maximum Gasteiger partial charge on any atom is 0.251 e. The predicted octanol–water partition coefficient (Wildman–Crippen LogP) is 3.76. The number of anilines is 1. The lowest BCUT2D eigenvalue weighted by Gasteiger charge is -2.07. The van der Waals surface area contributed by atoms with Gasteiger partial charge in [-0.1, -0.05) is 17.7 Å². The van der Waals surface area contributed by atoms with Crippen LogP contribution < -0.4 is 10.6 Å². The topological polar surface area (TPSA) is 41.1 Å². The molecule has 3 nitrogen and oxygen atoms in total. The lowest BCUT2D eigenvalue weighted by Crippen LogP contribution is -2.22. The molecular formula is C14H15ClN2OS. The molecule has 1 amide bonds. The number of nitrogens with one attached hydrogen (secondary N) is 2. The second kappa shape index (κ2) is 6.59. The third kappa shape index (κ3) is 3.98. The van der Waals surface area contributed by atoms with E-state index in [4.69, 9.17) is 11.6 Å². The molecule has 0 aliphatic heterocycles. The molecule has 0 saturated heterocycles. The van der Waals surface area contributed by atoms with Crippen molar-refractivity contribution in [2.45, 2.75) is 13.5 Å². The molecule has 2 aromatic rings. The minimum absolute atomic E-state index is 0.0506. The van der Waals surface area contributed by atoms with Crippen molar-refractivity contribution in [3.8, 4) is 0 Å². The molecule has 0 saturated carbocycles.